The number of nitrogen functional groups attached to an aromatic ring is 1. The molecule has 1 aliphatic rings. The molecule has 0 aliphatic carbocycles. The summed E-state index contributed by atoms with van der Waals surface area (Å²) in [6.07, 6.45) is 0. The van der Waals surface area contributed by atoms with Crippen molar-refractivity contribution in [1.82, 2.24) is 0 Å². The number of anilines is 1. The van der Waals surface area contributed by atoms with Gasteiger partial charge < -0.3 is 10.5 Å². The van der Waals surface area contributed by atoms with Crippen LogP contribution in [0.15, 0.2) is 42.5 Å². The van der Waals surface area contributed by atoms with Crippen molar-refractivity contribution in [2.75, 3.05) is 18.9 Å². The summed E-state index contributed by atoms with van der Waals surface area (Å²) in [6.45, 7) is 5.81. The summed E-state index contributed by atoms with van der Waals surface area (Å²) >= 11 is 0. The lowest BCUT2D eigenvalue weighted by Gasteiger charge is -2.43. The molecule has 1 saturated heterocycles. The van der Waals surface area contributed by atoms with Gasteiger partial charge in [-0.1, -0.05) is 35.9 Å². The fourth-order valence-electron chi connectivity index (χ4n) is 2.94. The second-order valence-corrected chi connectivity index (χ2v) is 5.52. The van der Waals surface area contributed by atoms with Gasteiger partial charge in [-0.05, 0) is 42.7 Å². The largest absolute Gasteiger partial charge is 0.399 e. The second kappa shape index (κ2) is 4.39. The molecule has 0 atom stereocenters. The van der Waals surface area contributed by atoms with Crippen LogP contribution in [0.5, 0.6) is 0 Å². The van der Waals surface area contributed by atoms with Gasteiger partial charge in [0.25, 0.3) is 0 Å². The van der Waals surface area contributed by atoms with Crippen LogP contribution in [-0.4, -0.2) is 13.2 Å². The van der Waals surface area contributed by atoms with Gasteiger partial charge in [-0.2, -0.15) is 0 Å². The molecule has 2 aromatic carbocycles. The van der Waals surface area contributed by atoms with E-state index in [0.717, 1.165) is 18.9 Å². The molecular formula is C17H19NO. The van der Waals surface area contributed by atoms with E-state index in [2.05, 4.69) is 44.2 Å². The predicted molar refractivity (Wildman–Crippen MR) is 78.4 cm³/mol. The Bertz CT molecular complexity index is 597. The summed E-state index contributed by atoms with van der Waals surface area (Å²) in [6, 6.07) is 14.8. The summed E-state index contributed by atoms with van der Waals surface area (Å²) in [4.78, 5) is 0. The van der Waals surface area contributed by atoms with Crippen LogP contribution >= 0.6 is 0 Å². The molecule has 0 saturated carbocycles. The van der Waals surface area contributed by atoms with Crippen LogP contribution in [0, 0.1) is 13.8 Å². The van der Waals surface area contributed by atoms with E-state index in [4.69, 9.17) is 10.5 Å². The Morgan fingerprint density at radius 1 is 1.00 bits per heavy atom. The van der Waals surface area contributed by atoms with Crippen molar-refractivity contribution in [3.05, 3.63) is 64.7 Å². The number of rotatable bonds is 2. The van der Waals surface area contributed by atoms with Crippen LogP contribution in [-0.2, 0) is 10.2 Å². The Balaban J connectivity index is 2.10. The summed E-state index contributed by atoms with van der Waals surface area (Å²) in [5.74, 6) is 0. The summed E-state index contributed by atoms with van der Waals surface area (Å²) in [5, 5.41) is 0. The van der Waals surface area contributed by atoms with Gasteiger partial charge in [0.1, 0.15) is 0 Å². The SMILES string of the molecule is Cc1ccc(C2(c3ccc(N)cc3)COC2)c(C)c1. The molecule has 3 rings (SSSR count). The maximum atomic E-state index is 5.79. The average Bonchev–Trinajstić information content (AvgIpc) is 2.32. The number of hydrogen-bond acceptors (Lipinski definition) is 2. The fourth-order valence-corrected chi connectivity index (χ4v) is 2.94. The Kier molecular flexibility index (Phi) is 2.83. The lowest BCUT2D eigenvalue weighted by molar-refractivity contribution is -0.0382. The first-order valence-corrected chi connectivity index (χ1v) is 6.63. The Morgan fingerprint density at radius 3 is 2.21 bits per heavy atom. The molecule has 0 spiro atoms. The smallest absolute Gasteiger partial charge is 0.0672 e. The van der Waals surface area contributed by atoms with E-state index >= 15 is 0 Å². The van der Waals surface area contributed by atoms with Crippen LogP contribution in [0.3, 0.4) is 0 Å². The predicted octanol–water partition coefficient (Wildman–Crippen LogP) is 3.20. The van der Waals surface area contributed by atoms with Gasteiger partial charge in [-0.3, -0.25) is 0 Å². The second-order valence-electron chi connectivity index (χ2n) is 5.52. The average molecular weight is 253 g/mol. The standard InChI is InChI=1S/C17H19NO/c1-12-3-8-16(13(2)9-12)17(10-19-11-17)14-4-6-15(18)7-5-14/h3-9H,10-11,18H2,1-2H3. The molecule has 0 radical (unpaired) electrons. The third-order valence-corrected chi connectivity index (χ3v) is 4.06. The van der Waals surface area contributed by atoms with E-state index in [1.165, 1.54) is 22.3 Å². The maximum Gasteiger partial charge on any atom is 0.0672 e. The van der Waals surface area contributed by atoms with Gasteiger partial charge in [-0.25, -0.2) is 0 Å². The molecule has 19 heavy (non-hydrogen) atoms. The van der Waals surface area contributed by atoms with Crippen molar-refractivity contribution in [3.8, 4) is 0 Å². The first kappa shape index (κ1) is 12.2. The summed E-state index contributed by atoms with van der Waals surface area (Å²) < 4.78 is 5.53. The Morgan fingerprint density at radius 2 is 1.68 bits per heavy atom. The van der Waals surface area contributed by atoms with Crippen LogP contribution in [0.2, 0.25) is 0 Å². The molecule has 2 nitrogen and oxygen atoms in total. The first-order valence-electron chi connectivity index (χ1n) is 6.63. The molecule has 2 N–H and O–H groups in total. The zero-order chi connectivity index (χ0) is 13.5. The molecule has 2 aromatic rings. The van der Waals surface area contributed by atoms with Crippen LogP contribution in [0.4, 0.5) is 5.69 Å². The van der Waals surface area contributed by atoms with Gasteiger partial charge in [0.15, 0.2) is 0 Å². The lowest BCUT2D eigenvalue weighted by Crippen LogP contribution is -2.48. The summed E-state index contributed by atoms with van der Waals surface area (Å²) in [5.41, 5.74) is 11.9. The van der Waals surface area contributed by atoms with Crippen LogP contribution in [0.1, 0.15) is 22.3 Å². The lowest BCUT2D eigenvalue weighted by atomic mass is 9.71. The third-order valence-electron chi connectivity index (χ3n) is 4.06. The van der Waals surface area contributed by atoms with Gasteiger partial charge in [0, 0.05) is 5.69 Å². The normalized spacial score (nSPS) is 16.9. The van der Waals surface area contributed by atoms with Crippen molar-refractivity contribution in [2.24, 2.45) is 0 Å². The Labute approximate surface area is 114 Å². The van der Waals surface area contributed by atoms with Crippen molar-refractivity contribution in [2.45, 2.75) is 19.3 Å². The van der Waals surface area contributed by atoms with E-state index in [1.807, 2.05) is 12.1 Å². The molecule has 1 aliphatic heterocycles. The van der Waals surface area contributed by atoms with E-state index in [-0.39, 0.29) is 5.41 Å². The minimum Gasteiger partial charge on any atom is -0.399 e. The zero-order valence-electron chi connectivity index (χ0n) is 11.4. The molecule has 0 aromatic heterocycles. The van der Waals surface area contributed by atoms with Crippen molar-refractivity contribution >= 4 is 5.69 Å². The molecule has 0 bridgehead atoms. The number of benzene rings is 2. The summed E-state index contributed by atoms with van der Waals surface area (Å²) in [7, 11) is 0. The number of nitrogens with two attached hydrogens (primary N) is 1. The Hall–Kier alpha value is -1.80. The van der Waals surface area contributed by atoms with E-state index in [9.17, 15) is 0 Å². The van der Waals surface area contributed by atoms with Gasteiger partial charge in [0.2, 0.25) is 0 Å². The third kappa shape index (κ3) is 1.92. The highest BCUT2D eigenvalue weighted by molar-refractivity contribution is 5.50. The quantitative estimate of drug-likeness (QED) is 0.834. The molecule has 1 heterocycles. The monoisotopic (exact) mass is 253 g/mol. The highest BCUT2D eigenvalue weighted by Crippen LogP contribution is 2.41. The highest BCUT2D eigenvalue weighted by Gasteiger charge is 2.42. The molecule has 1 fully saturated rings. The fraction of sp³-hybridized carbons (Fsp3) is 0.294. The van der Waals surface area contributed by atoms with Crippen molar-refractivity contribution in [3.63, 3.8) is 0 Å². The molecule has 0 amide bonds. The molecular weight excluding hydrogens is 234 g/mol. The number of ether oxygens (including phenoxy) is 1. The number of hydrogen-bond donors (Lipinski definition) is 1. The van der Waals surface area contributed by atoms with E-state index < -0.39 is 0 Å². The van der Waals surface area contributed by atoms with Gasteiger partial charge in [0.05, 0.1) is 18.6 Å². The zero-order valence-corrected chi connectivity index (χ0v) is 11.4. The first-order chi connectivity index (χ1) is 9.12. The topological polar surface area (TPSA) is 35.2 Å². The van der Waals surface area contributed by atoms with E-state index in [1.54, 1.807) is 0 Å². The maximum absolute atomic E-state index is 5.79. The number of aryl methyl sites for hydroxylation is 2. The minimum absolute atomic E-state index is 0.00544. The van der Waals surface area contributed by atoms with Crippen LogP contribution in [0.25, 0.3) is 0 Å². The molecule has 98 valence electrons. The van der Waals surface area contributed by atoms with Crippen molar-refractivity contribution < 1.29 is 4.74 Å². The molecule has 0 unspecified atom stereocenters. The van der Waals surface area contributed by atoms with Gasteiger partial charge >= 0.3 is 0 Å². The van der Waals surface area contributed by atoms with E-state index in [0.29, 0.717) is 0 Å². The minimum atomic E-state index is 0.00544. The van der Waals surface area contributed by atoms with Crippen molar-refractivity contribution in [1.29, 1.82) is 0 Å². The molecule has 2 heteroatoms. The highest BCUT2D eigenvalue weighted by atomic mass is 16.5. The van der Waals surface area contributed by atoms with Gasteiger partial charge in [-0.15, -0.1) is 0 Å². The van der Waals surface area contributed by atoms with Crippen LogP contribution < -0.4 is 5.73 Å².